The molecular weight excluding hydrogens is 323 g/mol. The molecule has 0 radical (unpaired) electrons. The fourth-order valence-corrected chi connectivity index (χ4v) is 2.54. The third kappa shape index (κ3) is 5.46. The fourth-order valence-electron chi connectivity index (χ4n) is 2.54. The van der Waals surface area contributed by atoms with E-state index in [1.54, 1.807) is 25.3 Å². The molecule has 1 unspecified atom stereocenters. The normalized spacial score (nSPS) is 11.7. The van der Waals surface area contributed by atoms with Crippen LogP contribution in [-0.2, 0) is 11.3 Å². The van der Waals surface area contributed by atoms with Gasteiger partial charge in [0, 0.05) is 5.56 Å². The Labute approximate surface area is 147 Å². The Kier molecular flexibility index (Phi) is 6.77. The first-order valence-electron chi connectivity index (χ1n) is 8.18. The molecule has 0 saturated heterocycles. The Bertz CT molecular complexity index is 722. The van der Waals surface area contributed by atoms with E-state index in [9.17, 15) is 9.18 Å². The van der Waals surface area contributed by atoms with Crippen molar-refractivity contribution in [2.45, 2.75) is 13.5 Å². The number of halogens is 1. The number of quaternary nitrogens is 1. The minimum absolute atomic E-state index is 0.197. The number of methoxy groups -OCH3 is 1. The van der Waals surface area contributed by atoms with Gasteiger partial charge in [0.25, 0.3) is 5.91 Å². The third-order valence-corrected chi connectivity index (χ3v) is 3.64. The zero-order valence-corrected chi connectivity index (χ0v) is 14.8. The van der Waals surface area contributed by atoms with Gasteiger partial charge in [-0.2, -0.15) is 0 Å². The van der Waals surface area contributed by atoms with E-state index in [4.69, 9.17) is 9.47 Å². The number of hydrogen-bond donors (Lipinski definition) is 2. The molecule has 2 rings (SSSR count). The molecule has 1 amide bonds. The summed E-state index contributed by atoms with van der Waals surface area (Å²) in [6, 6.07) is 11.8. The van der Waals surface area contributed by atoms with Crippen LogP contribution in [0.2, 0.25) is 0 Å². The van der Waals surface area contributed by atoms with E-state index in [0.717, 1.165) is 10.5 Å². The van der Waals surface area contributed by atoms with Crippen LogP contribution in [0, 0.1) is 5.82 Å². The Hall–Kier alpha value is -2.60. The molecule has 0 aliphatic rings. The molecule has 0 aliphatic heterocycles. The summed E-state index contributed by atoms with van der Waals surface area (Å²) in [6.45, 7) is 3.34. The molecule has 0 bridgehead atoms. The highest BCUT2D eigenvalue weighted by molar-refractivity contribution is 5.91. The van der Waals surface area contributed by atoms with Crippen molar-refractivity contribution in [2.75, 3.05) is 32.6 Å². The molecule has 134 valence electrons. The second-order valence-corrected chi connectivity index (χ2v) is 5.76. The third-order valence-electron chi connectivity index (χ3n) is 3.64. The van der Waals surface area contributed by atoms with Crippen LogP contribution in [-0.4, -0.2) is 33.2 Å². The van der Waals surface area contributed by atoms with E-state index in [2.05, 4.69) is 5.32 Å². The number of rotatable bonds is 8. The highest BCUT2D eigenvalue weighted by atomic mass is 19.1. The largest absolute Gasteiger partial charge is 0.493 e. The summed E-state index contributed by atoms with van der Waals surface area (Å²) in [5.74, 6) is 0.692. The van der Waals surface area contributed by atoms with Crippen LogP contribution in [0.25, 0.3) is 0 Å². The lowest BCUT2D eigenvalue weighted by molar-refractivity contribution is -0.885. The smallest absolute Gasteiger partial charge is 0.279 e. The lowest BCUT2D eigenvalue weighted by Gasteiger charge is -2.16. The molecule has 6 heteroatoms. The van der Waals surface area contributed by atoms with Gasteiger partial charge in [0.2, 0.25) is 0 Å². The van der Waals surface area contributed by atoms with Crippen molar-refractivity contribution in [2.24, 2.45) is 0 Å². The number of para-hydroxylation sites is 1. The second-order valence-electron chi connectivity index (χ2n) is 5.76. The lowest BCUT2D eigenvalue weighted by atomic mass is 10.2. The van der Waals surface area contributed by atoms with Gasteiger partial charge in [0.15, 0.2) is 18.0 Å². The minimum Gasteiger partial charge on any atom is -0.493 e. The van der Waals surface area contributed by atoms with Gasteiger partial charge in [-0.05, 0) is 37.3 Å². The fraction of sp³-hybridized carbons (Fsp3) is 0.316. The zero-order valence-electron chi connectivity index (χ0n) is 14.8. The van der Waals surface area contributed by atoms with E-state index >= 15 is 0 Å². The van der Waals surface area contributed by atoms with E-state index in [-0.39, 0.29) is 18.1 Å². The van der Waals surface area contributed by atoms with Crippen LogP contribution in [0.1, 0.15) is 12.5 Å². The number of carbonyl (C=O) groups is 1. The molecule has 0 heterocycles. The maximum atomic E-state index is 13.6. The van der Waals surface area contributed by atoms with Crippen molar-refractivity contribution in [1.82, 2.24) is 0 Å². The van der Waals surface area contributed by atoms with Crippen LogP contribution < -0.4 is 19.7 Å². The van der Waals surface area contributed by atoms with E-state index < -0.39 is 5.82 Å². The summed E-state index contributed by atoms with van der Waals surface area (Å²) in [6.07, 6.45) is 0. The summed E-state index contributed by atoms with van der Waals surface area (Å²) in [4.78, 5) is 13.1. The van der Waals surface area contributed by atoms with Gasteiger partial charge >= 0.3 is 0 Å². The molecule has 25 heavy (non-hydrogen) atoms. The number of likely N-dealkylation sites (N-methyl/N-ethyl adjacent to an activating group) is 1. The van der Waals surface area contributed by atoms with Crippen LogP contribution in [0.4, 0.5) is 10.1 Å². The highest BCUT2D eigenvalue weighted by Crippen LogP contribution is 2.27. The molecular formula is C19H24FN2O3+. The van der Waals surface area contributed by atoms with Crippen LogP contribution in [0.15, 0.2) is 42.5 Å². The predicted molar refractivity (Wildman–Crippen MR) is 94.7 cm³/mol. The van der Waals surface area contributed by atoms with Gasteiger partial charge < -0.3 is 19.7 Å². The molecule has 1 atom stereocenters. The number of ether oxygens (including phenoxy) is 2. The van der Waals surface area contributed by atoms with Crippen molar-refractivity contribution in [3.8, 4) is 11.5 Å². The number of benzene rings is 2. The zero-order chi connectivity index (χ0) is 18.2. The molecule has 0 spiro atoms. The van der Waals surface area contributed by atoms with Crippen molar-refractivity contribution in [3.63, 3.8) is 0 Å². The maximum Gasteiger partial charge on any atom is 0.279 e. The summed E-state index contributed by atoms with van der Waals surface area (Å²) >= 11 is 0. The first-order valence-corrected chi connectivity index (χ1v) is 8.18. The standard InChI is InChI=1S/C19H23FN2O3/c1-4-25-17-10-9-14(11-18(17)24-3)12-22(2)13-19(23)21-16-8-6-5-7-15(16)20/h5-11H,4,12-13H2,1-3H3,(H,21,23)/p+1. The molecule has 5 nitrogen and oxygen atoms in total. The van der Waals surface area contributed by atoms with E-state index in [0.29, 0.717) is 24.7 Å². The first kappa shape index (κ1) is 18.7. The number of amides is 1. The number of carbonyl (C=O) groups excluding carboxylic acids is 1. The average molecular weight is 347 g/mol. The van der Waals surface area contributed by atoms with Gasteiger partial charge in [-0.25, -0.2) is 4.39 Å². The Balaban J connectivity index is 1.94. The van der Waals surface area contributed by atoms with Crippen LogP contribution in [0.5, 0.6) is 11.5 Å². The highest BCUT2D eigenvalue weighted by Gasteiger charge is 2.14. The Morgan fingerprint density at radius 3 is 2.64 bits per heavy atom. The summed E-state index contributed by atoms with van der Waals surface area (Å²) in [5, 5.41) is 2.60. The molecule has 0 aromatic heterocycles. The summed E-state index contributed by atoms with van der Waals surface area (Å²) in [5.41, 5.74) is 1.22. The molecule has 0 saturated carbocycles. The SMILES string of the molecule is CCOc1ccc(C[NH+](C)CC(=O)Nc2ccccc2F)cc1OC. The second kappa shape index (κ2) is 9.03. The molecule has 2 N–H and O–H groups in total. The monoisotopic (exact) mass is 347 g/mol. The lowest BCUT2D eigenvalue weighted by Crippen LogP contribution is -3.08. The Morgan fingerprint density at radius 2 is 1.96 bits per heavy atom. The molecule has 2 aromatic carbocycles. The topological polar surface area (TPSA) is 52.0 Å². The van der Waals surface area contributed by atoms with Gasteiger partial charge in [0.05, 0.1) is 26.5 Å². The van der Waals surface area contributed by atoms with Crippen molar-refractivity contribution >= 4 is 11.6 Å². The predicted octanol–water partition coefficient (Wildman–Crippen LogP) is 1.89. The molecule has 0 aliphatic carbocycles. The summed E-state index contributed by atoms with van der Waals surface area (Å²) < 4.78 is 24.4. The number of hydrogen-bond acceptors (Lipinski definition) is 3. The average Bonchev–Trinajstić information content (AvgIpc) is 2.58. The van der Waals surface area contributed by atoms with Gasteiger partial charge in [0.1, 0.15) is 12.4 Å². The molecule has 0 fully saturated rings. The van der Waals surface area contributed by atoms with Crippen molar-refractivity contribution in [1.29, 1.82) is 0 Å². The Morgan fingerprint density at radius 1 is 1.20 bits per heavy atom. The first-order chi connectivity index (χ1) is 12.0. The number of nitrogens with one attached hydrogen (secondary N) is 2. The summed E-state index contributed by atoms with van der Waals surface area (Å²) in [7, 11) is 3.50. The number of anilines is 1. The van der Waals surface area contributed by atoms with Crippen molar-refractivity contribution < 1.29 is 23.6 Å². The van der Waals surface area contributed by atoms with E-state index in [1.165, 1.54) is 6.07 Å². The van der Waals surface area contributed by atoms with Gasteiger partial charge in [-0.3, -0.25) is 4.79 Å². The van der Waals surface area contributed by atoms with E-state index in [1.807, 2.05) is 32.2 Å². The van der Waals surface area contributed by atoms with Crippen molar-refractivity contribution in [3.05, 3.63) is 53.8 Å². The maximum absolute atomic E-state index is 13.6. The van der Waals surface area contributed by atoms with Crippen LogP contribution >= 0.6 is 0 Å². The van der Waals surface area contributed by atoms with Gasteiger partial charge in [-0.1, -0.05) is 12.1 Å². The molecule has 2 aromatic rings. The van der Waals surface area contributed by atoms with Gasteiger partial charge in [-0.15, -0.1) is 0 Å². The minimum atomic E-state index is -0.440. The quantitative estimate of drug-likeness (QED) is 0.767. The van der Waals surface area contributed by atoms with Crippen LogP contribution in [0.3, 0.4) is 0 Å².